The normalized spacial score (nSPS) is 10.9. The summed E-state index contributed by atoms with van der Waals surface area (Å²) in [5.74, 6) is 2.89. The Kier molecular flexibility index (Phi) is 10.1. The van der Waals surface area contributed by atoms with Gasteiger partial charge in [0.1, 0.15) is 0 Å². The van der Waals surface area contributed by atoms with Crippen molar-refractivity contribution in [1.82, 2.24) is 0 Å². The van der Waals surface area contributed by atoms with Crippen molar-refractivity contribution >= 4 is 35.5 Å². The molecule has 0 saturated heterocycles. The van der Waals surface area contributed by atoms with Gasteiger partial charge in [0.2, 0.25) is 11.7 Å². The summed E-state index contributed by atoms with van der Waals surface area (Å²) in [5.41, 5.74) is 9.08. The molecule has 3 rings (SSSR count). The number of benzene rings is 3. The van der Waals surface area contributed by atoms with Crippen LogP contribution in [0.5, 0.6) is 40.2 Å². The minimum atomic E-state index is -0.389. The lowest BCUT2D eigenvalue weighted by atomic mass is 10.1. The Morgan fingerprint density at radius 3 is 1.48 bits per heavy atom. The second kappa shape index (κ2) is 13.7. The fourth-order valence-corrected chi connectivity index (χ4v) is 4.02. The number of nitrogen functional groups attached to an aromatic ring is 1. The maximum atomic E-state index is 12.9. The van der Waals surface area contributed by atoms with Crippen molar-refractivity contribution in [2.75, 3.05) is 60.8 Å². The predicted molar refractivity (Wildman–Crippen MR) is 156 cm³/mol. The fraction of sp³-hybridized carbons (Fsp3) is 0.233. The van der Waals surface area contributed by atoms with E-state index < -0.39 is 0 Å². The molecule has 212 valence electrons. The number of hydrogen-bond acceptors (Lipinski definition) is 9. The zero-order valence-corrected chi connectivity index (χ0v) is 23.6. The highest BCUT2D eigenvalue weighted by Crippen LogP contribution is 2.40. The fourth-order valence-electron chi connectivity index (χ4n) is 4.02. The van der Waals surface area contributed by atoms with Crippen LogP contribution in [-0.2, 0) is 4.79 Å². The third-order valence-corrected chi connectivity index (χ3v) is 5.87. The largest absolute Gasteiger partial charge is 0.493 e. The summed E-state index contributed by atoms with van der Waals surface area (Å²) < 4.78 is 37.9. The minimum Gasteiger partial charge on any atom is -0.493 e. The first-order valence-electron chi connectivity index (χ1n) is 12.1. The van der Waals surface area contributed by atoms with Gasteiger partial charge in [0.25, 0.3) is 0 Å². The first-order chi connectivity index (χ1) is 19.3. The van der Waals surface area contributed by atoms with Crippen LogP contribution < -0.4 is 44.2 Å². The number of nitrogens with one attached hydrogen (secondary N) is 1. The summed E-state index contributed by atoms with van der Waals surface area (Å²) in [4.78, 5) is 12.9. The second-order valence-corrected chi connectivity index (χ2v) is 8.26. The van der Waals surface area contributed by atoms with Crippen LogP contribution >= 0.6 is 0 Å². The maximum absolute atomic E-state index is 12.9. The van der Waals surface area contributed by atoms with Gasteiger partial charge in [-0.3, -0.25) is 4.79 Å². The number of carbonyl (C=O) groups is 1. The zero-order valence-electron chi connectivity index (χ0n) is 23.6. The van der Waals surface area contributed by atoms with Crippen molar-refractivity contribution in [3.8, 4) is 40.2 Å². The third kappa shape index (κ3) is 6.71. The van der Waals surface area contributed by atoms with Gasteiger partial charge in [0.15, 0.2) is 34.5 Å². The highest BCUT2D eigenvalue weighted by atomic mass is 16.5. The van der Waals surface area contributed by atoms with Gasteiger partial charge < -0.3 is 44.2 Å². The van der Waals surface area contributed by atoms with Crippen LogP contribution in [0.25, 0.3) is 18.2 Å². The van der Waals surface area contributed by atoms with Crippen molar-refractivity contribution in [3.63, 3.8) is 0 Å². The van der Waals surface area contributed by atoms with Gasteiger partial charge in [-0.1, -0.05) is 12.2 Å². The molecule has 1 amide bonds. The van der Waals surface area contributed by atoms with Crippen molar-refractivity contribution in [2.45, 2.75) is 0 Å². The average Bonchev–Trinajstić information content (AvgIpc) is 2.97. The van der Waals surface area contributed by atoms with E-state index in [-0.39, 0.29) is 5.91 Å². The summed E-state index contributed by atoms with van der Waals surface area (Å²) in [6.45, 7) is 0. The summed E-state index contributed by atoms with van der Waals surface area (Å²) in [5, 5.41) is 2.85. The van der Waals surface area contributed by atoms with E-state index in [0.29, 0.717) is 57.2 Å². The Labute approximate surface area is 233 Å². The van der Waals surface area contributed by atoms with Gasteiger partial charge in [-0.15, -0.1) is 0 Å². The summed E-state index contributed by atoms with van der Waals surface area (Å²) in [7, 11) is 10.7. The van der Waals surface area contributed by atoms with Gasteiger partial charge in [-0.05, 0) is 59.2 Å². The second-order valence-electron chi connectivity index (χ2n) is 8.26. The molecule has 40 heavy (non-hydrogen) atoms. The van der Waals surface area contributed by atoms with Crippen LogP contribution in [0.4, 0.5) is 11.4 Å². The molecule has 0 bridgehead atoms. The average molecular weight is 551 g/mol. The number of nitrogens with two attached hydrogens (primary N) is 1. The Hall–Kier alpha value is -4.99. The summed E-state index contributed by atoms with van der Waals surface area (Å²) >= 11 is 0. The maximum Gasteiger partial charge on any atom is 0.248 e. The minimum absolute atomic E-state index is 0.379. The third-order valence-electron chi connectivity index (χ3n) is 5.87. The molecule has 10 nitrogen and oxygen atoms in total. The molecular formula is C30H34N2O8. The van der Waals surface area contributed by atoms with Gasteiger partial charge in [-0.2, -0.15) is 0 Å². The molecule has 0 heterocycles. The zero-order chi connectivity index (χ0) is 29.2. The number of carbonyl (C=O) groups excluding carboxylic acids is 1. The van der Waals surface area contributed by atoms with Crippen LogP contribution in [-0.4, -0.2) is 55.7 Å². The number of methoxy groups -OCH3 is 7. The van der Waals surface area contributed by atoms with E-state index in [9.17, 15) is 4.79 Å². The standard InChI is InChI=1S/C30H34N2O8/c1-34-23-14-18(12-21(31)28(23)38-5)10-11-27(33)32-22-13-19(15-24(35-2)29(22)39-6)8-9-20-16-25(36-3)30(40-7)26(17-20)37-4/h8-17H,31H2,1-7H3,(H,32,33)/b9-8?,11-10+. The van der Waals surface area contributed by atoms with Crippen molar-refractivity contribution < 1.29 is 38.0 Å². The molecule has 0 aromatic heterocycles. The van der Waals surface area contributed by atoms with Gasteiger partial charge in [-0.25, -0.2) is 0 Å². The lowest BCUT2D eigenvalue weighted by molar-refractivity contribution is -0.111. The van der Waals surface area contributed by atoms with Gasteiger partial charge in [0.05, 0.1) is 61.1 Å². The highest BCUT2D eigenvalue weighted by Gasteiger charge is 2.15. The highest BCUT2D eigenvalue weighted by molar-refractivity contribution is 6.03. The van der Waals surface area contributed by atoms with E-state index in [1.165, 1.54) is 34.5 Å². The molecule has 0 aliphatic rings. The molecule has 0 unspecified atom stereocenters. The number of anilines is 2. The van der Waals surface area contributed by atoms with E-state index in [1.807, 2.05) is 24.3 Å². The summed E-state index contributed by atoms with van der Waals surface area (Å²) in [6, 6.07) is 10.6. The van der Waals surface area contributed by atoms with Crippen LogP contribution in [0, 0.1) is 0 Å². The molecular weight excluding hydrogens is 516 g/mol. The van der Waals surface area contributed by atoms with Gasteiger partial charge in [0, 0.05) is 6.08 Å². The molecule has 0 radical (unpaired) electrons. The molecule has 10 heteroatoms. The lowest BCUT2D eigenvalue weighted by Gasteiger charge is -2.15. The predicted octanol–water partition coefficient (Wildman–Crippen LogP) is 5.15. The quantitative estimate of drug-likeness (QED) is 0.179. The van der Waals surface area contributed by atoms with E-state index in [0.717, 1.165) is 11.1 Å². The Balaban J connectivity index is 1.91. The van der Waals surface area contributed by atoms with Crippen molar-refractivity contribution in [3.05, 3.63) is 59.2 Å². The van der Waals surface area contributed by atoms with Crippen LogP contribution in [0.2, 0.25) is 0 Å². The smallest absolute Gasteiger partial charge is 0.248 e. The molecule has 0 aliphatic heterocycles. The molecule has 0 aliphatic carbocycles. The molecule has 3 aromatic carbocycles. The Morgan fingerprint density at radius 2 is 1.00 bits per heavy atom. The number of rotatable bonds is 12. The first-order valence-corrected chi connectivity index (χ1v) is 12.1. The van der Waals surface area contributed by atoms with Crippen LogP contribution in [0.1, 0.15) is 16.7 Å². The molecule has 0 saturated carbocycles. The Bertz CT molecular complexity index is 1390. The van der Waals surface area contributed by atoms with Crippen LogP contribution in [0.15, 0.2) is 42.5 Å². The van der Waals surface area contributed by atoms with E-state index in [4.69, 9.17) is 38.9 Å². The lowest BCUT2D eigenvalue weighted by Crippen LogP contribution is -2.09. The molecule has 0 spiro atoms. The Morgan fingerprint density at radius 1 is 0.575 bits per heavy atom. The number of amides is 1. The number of ether oxygens (including phenoxy) is 7. The molecule has 3 aromatic rings. The van der Waals surface area contributed by atoms with E-state index in [1.54, 1.807) is 51.7 Å². The van der Waals surface area contributed by atoms with Crippen LogP contribution in [0.3, 0.4) is 0 Å². The molecule has 0 atom stereocenters. The number of hydrogen-bond donors (Lipinski definition) is 2. The monoisotopic (exact) mass is 550 g/mol. The van der Waals surface area contributed by atoms with Crippen molar-refractivity contribution in [2.24, 2.45) is 0 Å². The summed E-state index contributed by atoms with van der Waals surface area (Å²) in [6.07, 6.45) is 6.73. The van der Waals surface area contributed by atoms with Crippen molar-refractivity contribution in [1.29, 1.82) is 0 Å². The molecule has 3 N–H and O–H groups in total. The van der Waals surface area contributed by atoms with E-state index in [2.05, 4.69) is 5.32 Å². The molecule has 0 fully saturated rings. The van der Waals surface area contributed by atoms with Gasteiger partial charge >= 0.3 is 0 Å². The van der Waals surface area contributed by atoms with E-state index >= 15 is 0 Å². The first kappa shape index (κ1) is 29.6. The topological polar surface area (TPSA) is 120 Å². The SMILES string of the molecule is COc1cc(/C=C/C(=O)Nc2cc(C=Cc3cc(OC)c(OC)c(OC)c3)cc(OC)c2OC)cc(N)c1OC.